The van der Waals surface area contributed by atoms with Gasteiger partial charge in [-0.3, -0.25) is 15.0 Å². The Hall–Kier alpha value is -2.17. The lowest BCUT2D eigenvalue weighted by atomic mass is 10.1. The Morgan fingerprint density at radius 1 is 1.42 bits per heavy atom. The van der Waals surface area contributed by atoms with E-state index in [2.05, 4.69) is 0 Å². The number of carbonyl (C=O) groups is 2. The van der Waals surface area contributed by atoms with Gasteiger partial charge in [0.2, 0.25) is 0 Å². The summed E-state index contributed by atoms with van der Waals surface area (Å²) >= 11 is 0. The van der Waals surface area contributed by atoms with Crippen LogP contribution in [-0.2, 0) is 20.9 Å². The zero-order valence-corrected chi connectivity index (χ0v) is 10.8. The number of nitrogens with zero attached hydrogens (tertiary/aromatic N) is 1. The molecule has 1 heterocycles. The molecule has 1 atom stereocenters. The zero-order chi connectivity index (χ0) is 13.8. The van der Waals surface area contributed by atoms with E-state index in [1.54, 1.807) is 6.92 Å². The summed E-state index contributed by atoms with van der Waals surface area (Å²) in [6, 6.07) is 9.51. The molecule has 0 bridgehead atoms. The van der Waals surface area contributed by atoms with Gasteiger partial charge in [-0.25, -0.2) is 0 Å². The van der Waals surface area contributed by atoms with E-state index in [-0.39, 0.29) is 24.8 Å². The van der Waals surface area contributed by atoms with E-state index in [1.807, 2.05) is 30.3 Å². The van der Waals surface area contributed by atoms with E-state index < -0.39 is 11.9 Å². The molecule has 1 unspecified atom stereocenters. The number of nitrogens with one attached hydrogen (secondary N) is 1. The van der Waals surface area contributed by atoms with E-state index in [0.717, 1.165) is 5.56 Å². The summed E-state index contributed by atoms with van der Waals surface area (Å²) in [5, 5.41) is 7.72. The number of likely N-dealkylation sites (tertiary alicyclic amines) is 1. The normalized spacial score (nSPS) is 18.8. The van der Waals surface area contributed by atoms with Gasteiger partial charge in [-0.05, 0) is 12.5 Å². The maximum Gasteiger partial charge on any atom is 0.317 e. The van der Waals surface area contributed by atoms with Crippen molar-refractivity contribution < 1.29 is 14.3 Å². The van der Waals surface area contributed by atoms with Crippen LogP contribution in [0, 0.1) is 11.3 Å². The summed E-state index contributed by atoms with van der Waals surface area (Å²) in [7, 11) is 0. The molecule has 1 aliphatic heterocycles. The fourth-order valence-corrected chi connectivity index (χ4v) is 2.09. The lowest BCUT2D eigenvalue weighted by Crippen LogP contribution is -2.26. The first-order chi connectivity index (χ1) is 9.13. The maximum absolute atomic E-state index is 11.9. The van der Waals surface area contributed by atoms with Gasteiger partial charge in [0, 0.05) is 13.1 Å². The molecule has 2 rings (SSSR count). The van der Waals surface area contributed by atoms with Crippen LogP contribution in [0.5, 0.6) is 0 Å². The van der Waals surface area contributed by atoms with E-state index >= 15 is 0 Å². The molecule has 19 heavy (non-hydrogen) atoms. The molecule has 1 aromatic carbocycles. The smallest absolute Gasteiger partial charge is 0.317 e. The number of rotatable bonds is 4. The summed E-state index contributed by atoms with van der Waals surface area (Å²) in [6.45, 7) is 2.61. The lowest BCUT2D eigenvalue weighted by molar-refractivity contribution is -0.145. The third kappa shape index (κ3) is 2.81. The monoisotopic (exact) mass is 260 g/mol. The first-order valence-electron chi connectivity index (χ1n) is 6.21. The minimum absolute atomic E-state index is 0.172. The summed E-state index contributed by atoms with van der Waals surface area (Å²) in [5.74, 6) is -1.63. The molecule has 1 aliphatic rings. The van der Waals surface area contributed by atoms with Gasteiger partial charge in [0.25, 0.3) is 5.91 Å². The number of benzene rings is 1. The zero-order valence-electron chi connectivity index (χ0n) is 10.8. The SMILES string of the molecule is CCOC(=O)C1CN(Cc2ccccc2)C(=O)C1=N. The van der Waals surface area contributed by atoms with Gasteiger partial charge in [0.15, 0.2) is 0 Å². The lowest BCUT2D eigenvalue weighted by Gasteiger charge is -2.15. The number of carbonyl (C=O) groups excluding carboxylic acids is 2. The summed E-state index contributed by atoms with van der Waals surface area (Å²) in [5.41, 5.74) is 0.808. The van der Waals surface area contributed by atoms with Crippen LogP contribution in [0.3, 0.4) is 0 Å². The third-order valence-electron chi connectivity index (χ3n) is 3.06. The fourth-order valence-electron chi connectivity index (χ4n) is 2.09. The van der Waals surface area contributed by atoms with Crippen LogP contribution in [0.25, 0.3) is 0 Å². The van der Waals surface area contributed by atoms with Gasteiger partial charge in [-0.2, -0.15) is 0 Å². The highest BCUT2D eigenvalue weighted by molar-refractivity contribution is 6.43. The van der Waals surface area contributed by atoms with Gasteiger partial charge in [0.1, 0.15) is 11.6 Å². The summed E-state index contributed by atoms with van der Waals surface area (Å²) in [6.07, 6.45) is 0. The van der Waals surface area contributed by atoms with E-state index in [1.165, 1.54) is 4.90 Å². The molecular formula is C14H16N2O3. The van der Waals surface area contributed by atoms with E-state index in [4.69, 9.17) is 10.1 Å². The number of hydrogen-bond acceptors (Lipinski definition) is 4. The minimum Gasteiger partial charge on any atom is -0.465 e. The van der Waals surface area contributed by atoms with Crippen LogP contribution in [0.2, 0.25) is 0 Å². The highest BCUT2D eigenvalue weighted by Gasteiger charge is 2.40. The number of ether oxygens (including phenoxy) is 1. The standard InChI is InChI=1S/C14H16N2O3/c1-2-19-14(18)11-9-16(13(17)12(11)15)8-10-6-4-3-5-7-10/h3-7,11,15H,2,8-9H2,1H3. The third-order valence-corrected chi connectivity index (χ3v) is 3.06. The van der Waals surface area contributed by atoms with Crippen molar-refractivity contribution in [3.63, 3.8) is 0 Å². The van der Waals surface area contributed by atoms with Crippen molar-refractivity contribution in [2.24, 2.45) is 5.92 Å². The van der Waals surface area contributed by atoms with Crippen LogP contribution in [0.15, 0.2) is 30.3 Å². The number of amides is 1. The second-order valence-electron chi connectivity index (χ2n) is 4.39. The quantitative estimate of drug-likeness (QED) is 0.828. The van der Waals surface area contributed by atoms with E-state index in [0.29, 0.717) is 6.54 Å². The topological polar surface area (TPSA) is 70.5 Å². The Morgan fingerprint density at radius 3 is 2.74 bits per heavy atom. The molecule has 1 amide bonds. The Morgan fingerprint density at radius 2 is 2.11 bits per heavy atom. The second-order valence-corrected chi connectivity index (χ2v) is 4.39. The van der Waals surface area contributed by atoms with Crippen LogP contribution < -0.4 is 0 Å². The Bertz CT molecular complexity index is 499. The van der Waals surface area contributed by atoms with Gasteiger partial charge < -0.3 is 9.64 Å². The van der Waals surface area contributed by atoms with Crippen LogP contribution in [0.1, 0.15) is 12.5 Å². The molecule has 1 aromatic rings. The van der Waals surface area contributed by atoms with Gasteiger partial charge in [-0.1, -0.05) is 30.3 Å². The molecule has 1 fully saturated rings. The fraction of sp³-hybridized carbons (Fsp3) is 0.357. The molecule has 0 aliphatic carbocycles. The van der Waals surface area contributed by atoms with Crippen LogP contribution in [0.4, 0.5) is 0 Å². The van der Waals surface area contributed by atoms with Gasteiger partial charge in [0.05, 0.1) is 6.61 Å². The van der Waals surface area contributed by atoms with Gasteiger partial charge in [-0.15, -0.1) is 0 Å². The first-order valence-corrected chi connectivity index (χ1v) is 6.21. The largest absolute Gasteiger partial charge is 0.465 e. The van der Waals surface area contributed by atoms with Gasteiger partial charge >= 0.3 is 5.97 Å². The molecule has 5 heteroatoms. The predicted octanol–water partition coefficient (Wildman–Crippen LogP) is 1.23. The summed E-state index contributed by atoms with van der Waals surface area (Å²) in [4.78, 5) is 25.1. The Balaban J connectivity index is 2.06. The average Bonchev–Trinajstić information content (AvgIpc) is 2.69. The predicted molar refractivity (Wildman–Crippen MR) is 69.7 cm³/mol. The molecule has 0 spiro atoms. The molecule has 0 aromatic heterocycles. The Labute approximate surface area is 111 Å². The molecule has 1 saturated heterocycles. The summed E-state index contributed by atoms with van der Waals surface area (Å²) < 4.78 is 4.88. The highest BCUT2D eigenvalue weighted by Crippen LogP contribution is 2.18. The van der Waals surface area contributed by atoms with E-state index in [9.17, 15) is 9.59 Å². The first kappa shape index (κ1) is 13.3. The molecular weight excluding hydrogens is 244 g/mol. The molecule has 0 radical (unpaired) electrons. The molecule has 1 N–H and O–H groups in total. The van der Waals surface area contributed by atoms with Crippen molar-refractivity contribution in [1.29, 1.82) is 5.41 Å². The number of esters is 1. The van der Waals surface area contributed by atoms with Crippen molar-refractivity contribution in [2.45, 2.75) is 13.5 Å². The molecule has 0 saturated carbocycles. The minimum atomic E-state index is -0.754. The molecule has 5 nitrogen and oxygen atoms in total. The van der Waals surface area contributed by atoms with Crippen LogP contribution in [-0.4, -0.2) is 35.6 Å². The van der Waals surface area contributed by atoms with Crippen molar-refractivity contribution in [1.82, 2.24) is 4.90 Å². The van der Waals surface area contributed by atoms with Crippen molar-refractivity contribution >= 4 is 17.6 Å². The van der Waals surface area contributed by atoms with Crippen LogP contribution >= 0.6 is 0 Å². The van der Waals surface area contributed by atoms with Crippen molar-refractivity contribution in [2.75, 3.05) is 13.2 Å². The number of hydrogen-bond donors (Lipinski definition) is 1. The van der Waals surface area contributed by atoms with Crippen molar-refractivity contribution in [3.8, 4) is 0 Å². The average molecular weight is 260 g/mol. The maximum atomic E-state index is 11.9. The molecule has 100 valence electrons. The second kappa shape index (κ2) is 5.65. The Kier molecular flexibility index (Phi) is 3.94. The van der Waals surface area contributed by atoms with Crippen molar-refractivity contribution in [3.05, 3.63) is 35.9 Å². The highest BCUT2D eigenvalue weighted by atomic mass is 16.5.